The minimum atomic E-state index is -4.39. The van der Waals surface area contributed by atoms with Gasteiger partial charge in [0.15, 0.2) is 5.82 Å². The Bertz CT molecular complexity index is 1560. The Kier molecular flexibility index (Phi) is 5.33. The number of alkyl halides is 3. The maximum Gasteiger partial charge on any atom is 0.416 e. The molecule has 0 aliphatic heterocycles. The number of nitrogens with one attached hydrogen (secondary N) is 2. The van der Waals surface area contributed by atoms with Crippen LogP contribution in [0, 0.1) is 11.3 Å². The third-order valence-corrected chi connectivity index (χ3v) is 5.23. The highest BCUT2D eigenvalue weighted by molar-refractivity contribution is 5.81. The predicted molar refractivity (Wildman–Crippen MR) is 122 cm³/mol. The number of aromatic nitrogens is 5. The molecule has 5 aromatic rings. The lowest BCUT2D eigenvalue weighted by molar-refractivity contribution is -0.137. The van der Waals surface area contributed by atoms with Crippen LogP contribution in [0.2, 0.25) is 0 Å². The monoisotopic (exact) mass is 475 g/mol. The van der Waals surface area contributed by atoms with Crippen LogP contribution in [0.25, 0.3) is 22.6 Å². The van der Waals surface area contributed by atoms with Gasteiger partial charge in [0.05, 0.1) is 22.8 Å². The molecule has 8 nitrogen and oxygen atoms in total. The number of fused-ring (bicyclic) bond motifs is 1. The van der Waals surface area contributed by atoms with Crippen molar-refractivity contribution in [2.24, 2.45) is 7.05 Å². The van der Waals surface area contributed by atoms with Crippen molar-refractivity contribution >= 4 is 22.7 Å². The number of hydrogen-bond acceptors (Lipinski definition) is 6. The minimum absolute atomic E-state index is 0.328. The summed E-state index contributed by atoms with van der Waals surface area (Å²) in [6.07, 6.45) is -1.39. The maximum atomic E-state index is 12.8. The highest BCUT2D eigenvalue weighted by atomic mass is 19.4. The van der Waals surface area contributed by atoms with Crippen LogP contribution in [0.5, 0.6) is 11.5 Å². The topological polar surface area (TPSA) is 104 Å². The van der Waals surface area contributed by atoms with Crippen molar-refractivity contribution in [3.8, 4) is 29.1 Å². The first kappa shape index (κ1) is 22.0. The Morgan fingerprint density at radius 3 is 2.51 bits per heavy atom. The summed E-state index contributed by atoms with van der Waals surface area (Å²) in [5.41, 5.74) is 2.06. The van der Waals surface area contributed by atoms with E-state index in [1.807, 2.05) is 12.1 Å². The number of pyridine rings is 1. The Morgan fingerprint density at radius 2 is 1.80 bits per heavy atom. The number of H-pyrrole nitrogens is 1. The van der Waals surface area contributed by atoms with Gasteiger partial charge in [-0.25, -0.2) is 9.97 Å². The molecule has 0 aliphatic carbocycles. The molecular weight excluding hydrogens is 459 g/mol. The van der Waals surface area contributed by atoms with Crippen LogP contribution in [0.3, 0.4) is 0 Å². The summed E-state index contributed by atoms with van der Waals surface area (Å²) in [6.45, 7) is 0. The molecular formula is C24H16F3N7O. The molecule has 35 heavy (non-hydrogen) atoms. The number of nitriles is 1. The molecule has 0 bridgehead atoms. The average molecular weight is 475 g/mol. The second-order valence-electron chi connectivity index (χ2n) is 7.58. The van der Waals surface area contributed by atoms with Crippen LogP contribution in [0.4, 0.5) is 24.8 Å². The van der Waals surface area contributed by atoms with E-state index in [0.717, 1.165) is 17.6 Å². The van der Waals surface area contributed by atoms with Crippen molar-refractivity contribution in [2.45, 2.75) is 6.18 Å². The molecule has 174 valence electrons. The van der Waals surface area contributed by atoms with Gasteiger partial charge in [-0.1, -0.05) is 0 Å². The Balaban J connectivity index is 1.37. The zero-order valence-corrected chi connectivity index (χ0v) is 18.1. The van der Waals surface area contributed by atoms with Crippen molar-refractivity contribution in [3.05, 3.63) is 78.2 Å². The van der Waals surface area contributed by atoms with E-state index in [2.05, 4.69) is 25.3 Å². The Morgan fingerprint density at radius 1 is 1.03 bits per heavy atom. The molecule has 0 fully saturated rings. The summed E-state index contributed by atoms with van der Waals surface area (Å²) in [5.74, 6) is 1.97. The summed E-state index contributed by atoms with van der Waals surface area (Å²) >= 11 is 0. The number of hydrogen-bond donors (Lipinski definition) is 2. The van der Waals surface area contributed by atoms with Gasteiger partial charge in [0.2, 0.25) is 5.95 Å². The third-order valence-electron chi connectivity index (χ3n) is 5.23. The molecule has 0 aliphatic rings. The van der Waals surface area contributed by atoms with E-state index in [9.17, 15) is 13.2 Å². The van der Waals surface area contributed by atoms with E-state index in [1.54, 1.807) is 42.1 Å². The zero-order valence-electron chi connectivity index (χ0n) is 18.1. The number of aromatic amines is 1. The summed E-state index contributed by atoms with van der Waals surface area (Å²) in [4.78, 5) is 15.8. The highest BCUT2D eigenvalue weighted by Gasteiger charge is 2.30. The second-order valence-corrected chi connectivity index (χ2v) is 7.58. The third kappa shape index (κ3) is 4.49. The summed E-state index contributed by atoms with van der Waals surface area (Å²) < 4.78 is 46.2. The van der Waals surface area contributed by atoms with Gasteiger partial charge in [-0.3, -0.25) is 4.98 Å². The standard InChI is InChI=1S/C24H16F3N7O/c1-34-21-7-6-17(35-18-8-9-29-20(11-18)22-30-13-16(12-28)31-22)10-19(21)33-23(34)32-15-4-2-14(3-5-15)24(25,26)27/h2-11,13H,1H3,(H,30,31)(H,32,33). The predicted octanol–water partition coefficient (Wildman–Crippen LogP) is 5.78. The fourth-order valence-corrected chi connectivity index (χ4v) is 3.47. The van der Waals surface area contributed by atoms with E-state index >= 15 is 0 Å². The van der Waals surface area contributed by atoms with E-state index < -0.39 is 11.7 Å². The molecule has 0 unspecified atom stereocenters. The van der Waals surface area contributed by atoms with Gasteiger partial charge in [0.25, 0.3) is 0 Å². The van der Waals surface area contributed by atoms with Crippen LogP contribution in [-0.4, -0.2) is 24.5 Å². The fraction of sp³-hybridized carbons (Fsp3) is 0.0833. The lowest BCUT2D eigenvalue weighted by atomic mass is 10.2. The molecule has 2 aromatic carbocycles. The molecule has 0 atom stereocenters. The lowest BCUT2D eigenvalue weighted by Crippen LogP contribution is -2.05. The number of aryl methyl sites for hydroxylation is 1. The van der Waals surface area contributed by atoms with E-state index in [0.29, 0.717) is 45.9 Å². The van der Waals surface area contributed by atoms with Gasteiger partial charge in [-0.2, -0.15) is 18.4 Å². The number of rotatable bonds is 5. The summed E-state index contributed by atoms with van der Waals surface area (Å²) in [7, 11) is 1.80. The minimum Gasteiger partial charge on any atom is -0.457 e. The van der Waals surface area contributed by atoms with E-state index in [4.69, 9.17) is 10.00 Å². The molecule has 0 amide bonds. The number of benzene rings is 2. The number of nitrogens with zero attached hydrogens (tertiary/aromatic N) is 5. The normalized spacial score (nSPS) is 11.4. The van der Waals surface area contributed by atoms with Gasteiger partial charge in [0.1, 0.15) is 29.0 Å². The van der Waals surface area contributed by atoms with Gasteiger partial charge in [0, 0.05) is 31.1 Å². The quantitative estimate of drug-likeness (QED) is 0.334. The largest absolute Gasteiger partial charge is 0.457 e. The Labute approximate surface area is 196 Å². The molecule has 3 aromatic heterocycles. The number of anilines is 2. The van der Waals surface area contributed by atoms with Crippen molar-refractivity contribution in [1.82, 2.24) is 24.5 Å². The maximum absolute atomic E-state index is 12.8. The molecule has 2 N–H and O–H groups in total. The number of imidazole rings is 2. The van der Waals surface area contributed by atoms with Crippen LogP contribution in [-0.2, 0) is 13.2 Å². The molecule has 0 saturated carbocycles. The fourth-order valence-electron chi connectivity index (χ4n) is 3.47. The average Bonchev–Trinajstić information content (AvgIpc) is 3.44. The molecule has 0 saturated heterocycles. The van der Waals surface area contributed by atoms with Crippen molar-refractivity contribution in [1.29, 1.82) is 5.26 Å². The Hall–Kier alpha value is -4.85. The van der Waals surface area contributed by atoms with Crippen LogP contribution < -0.4 is 10.1 Å². The lowest BCUT2D eigenvalue weighted by Gasteiger charge is -2.09. The summed E-state index contributed by atoms with van der Waals surface area (Å²) in [6, 6.07) is 15.5. The number of ether oxygens (including phenoxy) is 1. The van der Waals surface area contributed by atoms with Crippen molar-refractivity contribution < 1.29 is 17.9 Å². The van der Waals surface area contributed by atoms with E-state index in [-0.39, 0.29) is 0 Å². The first-order valence-electron chi connectivity index (χ1n) is 10.3. The molecule has 0 spiro atoms. The van der Waals surface area contributed by atoms with Gasteiger partial charge in [-0.15, -0.1) is 0 Å². The van der Waals surface area contributed by atoms with Crippen LogP contribution in [0.15, 0.2) is 67.0 Å². The molecule has 0 radical (unpaired) electrons. The van der Waals surface area contributed by atoms with E-state index in [1.165, 1.54) is 18.3 Å². The molecule has 11 heteroatoms. The van der Waals surface area contributed by atoms with Gasteiger partial charge < -0.3 is 19.6 Å². The van der Waals surface area contributed by atoms with Crippen LogP contribution >= 0.6 is 0 Å². The molecule has 3 heterocycles. The SMILES string of the molecule is Cn1c(Nc2ccc(C(F)(F)F)cc2)nc2cc(Oc3ccnc(-c4ncc(C#N)[nH]4)c3)ccc21. The van der Waals surface area contributed by atoms with Crippen molar-refractivity contribution in [3.63, 3.8) is 0 Å². The molecule has 5 rings (SSSR count). The van der Waals surface area contributed by atoms with Gasteiger partial charge in [-0.05, 0) is 42.5 Å². The smallest absolute Gasteiger partial charge is 0.416 e. The van der Waals surface area contributed by atoms with Crippen molar-refractivity contribution in [2.75, 3.05) is 5.32 Å². The van der Waals surface area contributed by atoms with Gasteiger partial charge >= 0.3 is 6.18 Å². The second kappa shape index (κ2) is 8.49. The first-order valence-corrected chi connectivity index (χ1v) is 10.3. The first-order chi connectivity index (χ1) is 16.8. The zero-order chi connectivity index (χ0) is 24.6. The number of halogens is 3. The van der Waals surface area contributed by atoms with Crippen LogP contribution in [0.1, 0.15) is 11.3 Å². The summed E-state index contributed by atoms with van der Waals surface area (Å²) in [5, 5.41) is 12.0. The highest BCUT2D eigenvalue weighted by Crippen LogP contribution is 2.32.